The minimum absolute atomic E-state index is 0.134. The molecule has 36 heavy (non-hydrogen) atoms. The van der Waals surface area contributed by atoms with Crippen LogP contribution in [0, 0.1) is 28.5 Å². The second-order valence-corrected chi connectivity index (χ2v) is 11.3. The van der Waals surface area contributed by atoms with Crippen LogP contribution in [0.25, 0.3) is 16.8 Å². The van der Waals surface area contributed by atoms with Crippen LogP contribution >= 0.6 is 0 Å². The van der Waals surface area contributed by atoms with E-state index in [0.717, 1.165) is 19.3 Å². The second kappa shape index (κ2) is 6.11. The molecule has 184 valence electrons. The molecule has 4 saturated carbocycles. The number of aromatic nitrogens is 7. The number of hydrogen-bond donors (Lipinski definition) is 2. The molecule has 0 aromatic carbocycles. The van der Waals surface area contributed by atoms with Gasteiger partial charge in [0, 0.05) is 13.1 Å². The third kappa shape index (κ3) is 2.15. The normalized spacial score (nSPS) is 33.8. The maximum atomic E-state index is 14.7. The first-order chi connectivity index (χ1) is 17.3. The highest BCUT2D eigenvalue weighted by Crippen LogP contribution is 2.83. The number of fused-ring (bicyclic) bond motifs is 4. The van der Waals surface area contributed by atoms with Crippen LogP contribution in [0.3, 0.4) is 0 Å². The SMILES string of the molecule is Cn1c(=O)n(C23CC4CC5(C(=O)O)CC(C2)C5(C4)C3)c2nc(Nc3cn4ncnc4cc3F)ncc21. The highest BCUT2D eigenvalue weighted by Gasteiger charge is 2.81. The highest BCUT2D eigenvalue weighted by atomic mass is 19.1. The summed E-state index contributed by atoms with van der Waals surface area (Å²) in [6, 6.07) is 1.27. The molecule has 8 rings (SSSR count). The van der Waals surface area contributed by atoms with E-state index in [1.165, 1.54) is 23.1 Å². The Bertz CT molecular complexity index is 1700. The van der Waals surface area contributed by atoms with E-state index in [9.17, 15) is 19.1 Å². The molecule has 0 saturated heterocycles. The van der Waals surface area contributed by atoms with Crippen molar-refractivity contribution in [2.45, 2.75) is 44.1 Å². The number of halogens is 1. The molecule has 4 aromatic heterocycles. The van der Waals surface area contributed by atoms with Gasteiger partial charge >= 0.3 is 11.7 Å². The average Bonchev–Trinajstić information content (AvgIpc) is 3.48. The van der Waals surface area contributed by atoms with E-state index in [-0.39, 0.29) is 28.7 Å². The number of imidazole rings is 1. The van der Waals surface area contributed by atoms with Gasteiger partial charge in [-0.2, -0.15) is 10.1 Å². The van der Waals surface area contributed by atoms with Crippen molar-refractivity contribution in [3.63, 3.8) is 0 Å². The van der Waals surface area contributed by atoms with Crippen molar-refractivity contribution in [2.75, 3.05) is 5.32 Å². The molecule has 4 heterocycles. The lowest BCUT2D eigenvalue weighted by atomic mass is 9.46. The van der Waals surface area contributed by atoms with Crippen LogP contribution in [0.5, 0.6) is 0 Å². The molecule has 0 radical (unpaired) electrons. The first kappa shape index (κ1) is 20.4. The number of carbonyl (C=O) groups is 1. The van der Waals surface area contributed by atoms with Crippen LogP contribution in [0.4, 0.5) is 16.0 Å². The minimum atomic E-state index is -0.676. The first-order valence-electron chi connectivity index (χ1n) is 12.2. The van der Waals surface area contributed by atoms with E-state index < -0.39 is 22.7 Å². The van der Waals surface area contributed by atoms with Crippen molar-refractivity contribution in [2.24, 2.45) is 29.7 Å². The maximum Gasteiger partial charge on any atom is 0.330 e. The van der Waals surface area contributed by atoms with Gasteiger partial charge in [-0.3, -0.25) is 13.9 Å². The average molecular weight is 490 g/mol. The fraction of sp³-hybridized carbons (Fsp3) is 0.500. The lowest BCUT2D eigenvalue weighted by Crippen LogP contribution is -2.56. The van der Waals surface area contributed by atoms with Crippen molar-refractivity contribution >= 4 is 34.4 Å². The number of aryl methyl sites for hydroxylation is 1. The lowest BCUT2D eigenvalue weighted by molar-refractivity contribution is -0.179. The van der Waals surface area contributed by atoms with E-state index in [0.29, 0.717) is 42.0 Å². The number of carboxylic acid groups (broad SMARTS) is 1. The number of nitrogens with zero attached hydrogens (tertiary/aromatic N) is 7. The molecule has 5 atom stereocenters. The van der Waals surface area contributed by atoms with Gasteiger partial charge in [0.05, 0.1) is 29.0 Å². The molecule has 0 amide bonds. The van der Waals surface area contributed by atoms with Crippen molar-refractivity contribution in [3.05, 3.63) is 41.1 Å². The summed E-state index contributed by atoms with van der Waals surface area (Å²) in [5, 5.41) is 17.1. The van der Waals surface area contributed by atoms with Gasteiger partial charge in [0.2, 0.25) is 5.95 Å². The van der Waals surface area contributed by atoms with E-state index >= 15 is 0 Å². The fourth-order valence-electron chi connectivity index (χ4n) is 8.71. The predicted octanol–water partition coefficient (Wildman–Crippen LogP) is 2.44. The smallest absolute Gasteiger partial charge is 0.330 e. The van der Waals surface area contributed by atoms with Gasteiger partial charge in [-0.1, -0.05) is 0 Å². The minimum Gasteiger partial charge on any atom is -0.481 e. The molecule has 2 N–H and O–H groups in total. The van der Waals surface area contributed by atoms with E-state index in [4.69, 9.17) is 4.98 Å². The summed E-state index contributed by atoms with van der Waals surface area (Å²) in [4.78, 5) is 39.0. The molecule has 3 bridgehead atoms. The van der Waals surface area contributed by atoms with Crippen LogP contribution < -0.4 is 11.0 Å². The Morgan fingerprint density at radius 2 is 2.08 bits per heavy atom. The van der Waals surface area contributed by atoms with Crippen molar-refractivity contribution < 1.29 is 14.3 Å². The molecule has 4 aliphatic rings. The number of pyridine rings is 1. The largest absolute Gasteiger partial charge is 0.481 e. The van der Waals surface area contributed by atoms with Gasteiger partial charge < -0.3 is 10.4 Å². The summed E-state index contributed by atoms with van der Waals surface area (Å²) in [5.74, 6) is -0.443. The molecule has 4 aromatic rings. The van der Waals surface area contributed by atoms with Crippen LogP contribution in [0.15, 0.2) is 29.6 Å². The quantitative estimate of drug-likeness (QED) is 0.446. The Labute approximate surface area is 203 Å². The maximum absolute atomic E-state index is 14.7. The Morgan fingerprint density at radius 1 is 1.22 bits per heavy atom. The molecule has 5 unspecified atom stereocenters. The van der Waals surface area contributed by atoms with Gasteiger partial charge in [-0.05, 0) is 55.8 Å². The van der Waals surface area contributed by atoms with Crippen LogP contribution in [0.1, 0.15) is 38.5 Å². The van der Waals surface area contributed by atoms with Crippen molar-refractivity contribution in [3.8, 4) is 0 Å². The van der Waals surface area contributed by atoms with E-state index in [1.807, 2.05) is 0 Å². The summed E-state index contributed by atoms with van der Waals surface area (Å²) in [6.07, 6.45) is 9.00. The number of rotatable bonds is 4. The van der Waals surface area contributed by atoms with E-state index in [1.54, 1.807) is 22.4 Å². The van der Waals surface area contributed by atoms with Gasteiger partial charge in [-0.25, -0.2) is 23.7 Å². The zero-order chi connectivity index (χ0) is 24.6. The van der Waals surface area contributed by atoms with Gasteiger partial charge in [0.1, 0.15) is 11.8 Å². The Hall–Kier alpha value is -3.83. The molecule has 4 aliphatic carbocycles. The van der Waals surface area contributed by atoms with Gasteiger partial charge in [0.15, 0.2) is 17.1 Å². The number of carboxylic acids is 1. The highest BCUT2D eigenvalue weighted by molar-refractivity contribution is 5.79. The molecule has 0 aliphatic heterocycles. The number of aliphatic carboxylic acids is 1. The summed E-state index contributed by atoms with van der Waals surface area (Å²) in [7, 11) is 1.70. The molecular weight excluding hydrogens is 467 g/mol. The lowest BCUT2D eigenvalue weighted by Gasteiger charge is -2.56. The summed E-state index contributed by atoms with van der Waals surface area (Å²) < 4.78 is 19.5. The zero-order valence-electron chi connectivity index (χ0n) is 19.5. The monoisotopic (exact) mass is 490 g/mol. The standard InChI is InChI=1S/C24H23FN8O3/c1-31-16-8-26-20(29-15-9-32-17(2-14(15)25)27-11-28-32)30-18(16)33(21(31)36)22-3-12-4-23(19(34)35)7-13(6-22)24(23,5-12)10-22/h2,8-9,11-13H,3-7,10H2,1H3,(H,34,35)(H,26,29,30). The Balaban J connectivity index is 1.26. The van der Waals surface area contributed by atoms with Crippen LogP contribution in [-0.2, 0) is 17.4 Å². The number of nitrogens with one attached hydrogen (secondary N) is 1. The third-order valence-electron chi connectivity index (χ3n) is 9.86. The second-order valence-electron chi connectivity index (χ2n) is 11.3. The van der Waals surface area contributed by atoms with Gasteiger partial charge in [0.25, 0.3) is 0 Å². The topological polar surface area (TPSA) is 132 Å². The molecular formula is C24H23FN8O3. The molecule has 1 spiro atoms. The molecule has 4 fully saturated rings. The summed E-state index contributed by atoms with van der Waals surface area (Å²) >= 11 is 0. The van der Waals surface area contributed by atoms with E-state index in [2.05, 4.69) is 20.4 Å². The summed E-state index contributed by atoms with van der Waals surface area (Å²) in [5.41, 5.74) is 0.0797. The number of hydrogen-bond acceptors (Lipinski definition) is 7. The van der Waals surface area contributed by atoms with Crippen molar-refractivity contribution in [1.82, 2.24) is 33.7 Å². The molecule has 11 nitrogen and oxygen atoms in total. The predicted molar refractivity (Wildman–Crippen MR) is 124 cm³/mol. The van der Waals surface area contributed by atoms with Crippen LogP contribution in [0.2, 0.25) is 0 Å². The first-order valence-corrected chi connectivity index (χ1v) is 12.2. The Morgan fingerprint density at radius 3 is 2.92 bits per heavy atom. The van der Waals surface area contributed by atoms with Crippen LogP contribution in [-0.4, -0.2) is 44.8 Å². The van der Waals surface area contributed by atoms with Gasteiger partial charge in [-0.15, -0.1) is 0 Å². The fourth-order valence-corrected chi connectivity index (χ4v) is 8.71. The third-order valence-corrected chi connectivity index (χ3v) is 9.86. The zero-order valence-corrected chi connectivity index (χ0v) is 19.5. The van der Waals surface area contributed by atoms with Crippen molar-refractivity contribution in [1.29, 1.82) is 0 Å². The summed E-state index contributed by atoms with van der Waals surface area (Å²) in [6.45, 7) is 0. The molecule has 12 heteroatoms. The number of anilines is 2. The Kier molecular flexibility index (Phi) is 3.45.